The lowest BCUT2D eigenvalue weighted by Gasteiger charge is -2.12. The number of aliphatic carboxylic acids is 2. The molecule has 6 heteroatoms. The molecule has 2 heterocycles. The number of hydrogen-bond acceptors (Lipinski definition) is 3. The van der Waals surface area contributed by atoms with Crippen LogP contribution >= 0.6 is 0 Å². The van der Waals surface area contributed by atoms with Crippen molar-refractivity contribution in [2.24, 2.45) is 5.92 Å². The van der Waals surface area contributed by atoms with Crippen molar-refractivity contribution in [3.8, 4) is 0 Å². The zero-order chi connectivity index (χ0) is 18.3. The molecular weight excluding hydrogens is 322 g/mol. The Balaban J connectivity index is 2.32. The van der Waals surface area contributed by atoms with Crippen LogP contribution in [0.1, 0.15) is 37.1 Å². The second-order valence-electron chi connectivity index (χ2n) is 6.27. The molecule has 0 bridgehead atoms. The van der Waals surface area contributed by atoms with E-state index in [1.54, 1.807) is 6.07 Å². The molecule has 0 aliphatic carbocycles. The minimum atomic E-state index is -1.39. The standard InChI is InChI=1S/C19H21NO5/c1-3-10-5-6-14-13(11(10)4-2)9-15-17(21)16(19(24)25)12(18(22)23)7-8-20(14)15/h5-6,9,12,21H,3-4,7-8H2,1-2H3,(H,22,23)(H,24,25). The molecular formula is C19H21NO5. The number of carbonyl (C=O) groups is 2. The molecule has 0 amide bonds. The Hall–Kier alpha value is -2.76. The first-order valence-electron chi connectivity index (χ1n) is 8.44. The lowest BCUT2D eigenvalue weighted by atomic mass is 9.94. The molecule has 6 nitrogen and oxygen atoms in total. The highest BCUT2D eigenvalue weighted by Crippen LogP contribution is 2.36. The first kappa shape index (κ1) is 17.1. The first-order valence-corrected chi connectivity index (χ1v) is 8.44. The number of nitrogens with zero attached hydrogens (tertiary/aromatic N) is 1. The normalized spacial score (nSPS) is 17.4. The summed E-state index contributed by atoms with van der Waals surface area (Å²) in [5.74, 6) is -4.31. The summed E-state index contributed by atoms with van der Waals surface area (Å²) in [5, 5.41) is 30.4. The van der Waals surface area contributed by atoms with Crippen LogP contribution in [0.5, 0.6) is 0 Å². The van der Waals surface area contributed by atoms with E-state index in [1.165, 1.54) is 11.1 Å². The molecule has 1 aromatic carbocycles. The summed E-state index contributed by atoms with van der Waals surface area (Å²) in [5.41, 5.74) is 3.23. The van der Waals surface area contributed by atoms with Gasteiger partial charge in [0.25, 0.3) is 0 Å². The maximum Gasteiger partial charge on any atom is 0.336 e. The zero-order valence-corrected chi connectivity index (χ0v) is 14.2. The van der Waals surface area contributed by atoms with Crippen LogP contribution in [0, 0.1) is 5.92 Å². The third-order valence-electron chi connectivity index (χ3n) is 5.04. The summed E-state index contributed by atoms with van der Waals surface area (Å²) in [6.45, 7) is 4.49. The molecule has 25 heavy (non-hydrogen) atoms. The molecule has 1 aromatic heterocycles. The number of carboxylic acids is 2. The van der Waals surface area contributed by atoms with Crippen molar-refractivity contribution < 1.29 is 24.9 Å². The second kappa shape index (κ2) is 6.27. The van der Waals surface area contributed by atoms with Crippen LogP contribution in [-0.4, -0.2) is 31.8 Å². The van der Waals surface area contributed by atoms with Gasteiger partial charge in [0.1, 0.15) is 0 Å². The van der Waals surface area contributed by atoms with Gasteiger partial charge >= 0.3 is 11.9 Å². The van der Waals surface area contributed by atoms with Gasteiger partial charge in [-0.3, -0.25) is 4.79 Å². The molecule has 132 valence electrons. The van der Waals surface area contributed by atoms with E-state index in [4.69, 9.17) is 0 Å². The van der Waals surface area contributed by atoms with Gasteiger partial charge in [0, 0.05) is 17.4 Å². The third kappa shape index (κ3) is 2.58. The predicted octanol–water partition coefficient (Wildman–Crippen LogP) is 3.22. The van der Waals surface area contributed by atoms with Crippen LogP contribution < -0.4 is 0 Å². The fourth-order valence-corrected chi connectivity index (χ4v) is 3.83. The van der Waals surface area contributed by atoms with Gasteiger partial charge < -0.3 is 19.9 Å². The number of carboxylic acid groups (broad SMARTS) is 2. The summed E-state index contributed by atoms with van der Waals surface area (Å²) in [6, 6.07) is 5.80. The van der Waals surface area contributed by atoms with Crippen LogP contribution in [0.4, 0.5) is 0 Å². The molecule has 0 spiro atoms. The average Bonchev–Trinajstić information content (AvgIpc) is 2.87. The molecule has 1 aliphatic heterocycles. The van der Waals surface area contributed by atoms with Crippen LogP contribution in [0.2, 0.25) is 0 Å². The summed E-state index contributed by atoms with van der Waals surface area (Å²) in [7, 11) is 0. The maximum absolute atomic E-state index is 11.6. The monoisotopic (exact) mass is 343 g/mol. The number of aliphatic hydroxyl groups is 1. The highest BCUT2D eigenvalue weighted by Gasteiger charge is 2.35. The topological polar surface area (TPSA) is 99.8 Å². The highest BCUT2D eigenvalue weighted by atomic mass is 16.4. The van der Waals surface area contributed by atoms with Crippen LogP contribution in [0.15, 0.2) is 23.8 Å². The number of hydrogen-bond donors (Lipinski definition) is 3. The largest absolute Gasteiger partial charge is 0.505 e. The molecule has 1 unspecified atom stereocenters. The molecule has 0 fully saturated rings. The first-order chi connectivity index (χ1) is 11.9. The van der Waals surface area contributed by atoms with Crippen molar-refractivity contribution in [3.63, 3.8) is 0 Å². The minimum absolute atomic E-state index is 0.120. The van der Waals surface area contributed by atoms with Gasteiger partial charge in [-0.05, 0) is 42.5 Å². The smallest absolute Gasteiger partial charge is 0.336 e. The molecule has 0 radical (unpaired) electrons. The lowest BCUT2D eigenvalue weighted by molar-refractivity contribution is -0.144. The summed E-state index contributed by atoms with van der Waals surface area (Å²) >= 11 is 0. The molecule has 0 saturated carbocycles. The van der Waals surface area contributed by atoms with E-state index in [1.807, 2.05) is 16.7 Å². The van der Waals surface area contributed by atoms with E-state index in [9.17, 15) is 24.9 Å². The second-order valence-corrected chi connectivity index (χ2v) is 6.27. The van der Waals surface area contributed by atoms with Crippen molar-refractivity contribution >= 4 is 28.6 Å². The van der Waals surface area contributed by atoms with Crippen LogP contribution in [-0.2, 0) is 29.0 Å². The van der Waals surface area contributed by atoms with Crippen molar-refractivity contribution in [3.05, 3.63) is 40.6 Å². The third-order valence-corrected chi connectivity index (χ3v) is 5.04. The summed E-state index contributed by atoms with van der Waals surface area (Å²) < 4.78 is 1.83. The van der Waals surface area contributed by atoms with Crippen molar-refractivity contribution in [1.29, 1.82) is 0 Å². The Morgan fingerprint density at radius 2 is 1.92 bits per heavy atom. The van der Waals surface area contributed by atoms with Crippen molar-refractivity contribution in [1.82, 2.24) is 4.57 Å². The van der Waals surface area contributed by atoms with E-state index in [-0.39, 0.29) is 6.42 Å². The molecule has 0 saturated heterocycles. The number of aromatic nitrogens is 1. The number of rotatable bonds is 4. The van der Waals surface area contributed by atoms with Gasteiger partial charge in [-0.15, -0.1) is 0 Å². The number of aliphatic hydroxyl groups excluding tert-OH is 1. The Kier molecular flexibility index (Phi) is 4.29. The van der Waals surface area contributed by atoms with Crippen molar-refractivity contribution in [2.75, 3.05) is 0 Å². The number of benzene rings is 1. The zero-order valence-electron chi connectivity index (χ0n) is 14.2. The van der Waals surface area contributed by atoms with Crippen LogP contribution in [0.25, 0.3) is 16.7 Å². The fourth-order valence-electron chi connectivity index (χ4n) is 3.83. The van der Waals surface area contributed by atoms with Crippen LogP contribution in [0.3, 0.4) is 0 Å². The lowest BCUT2D eigenvalue weighted by Crippen LogP contribution is -2.22. The summed E-state index contributed by atoms with van der Waals surface area (Å²) in [6.07, 6.45) is 1.84. The fraction of sp³-hybridized carbons (Fsp3) is 0.368. The quantitative estimate of drug-likeness (QED) is 0.791. The van der Waals surface area contributed by atoms with Gasteiger partial charge in [-0.1, -0.05) is 19.9 Å². The summed E-state index contributed by atoms with van der Waals surface area (Å²) in [4.78, 5) is 23.1. The predicted molar refractivity (Wildman–Crippen MR) is 93.6 cm³/mol. The molecule has 3 N–H and O–H groups in total. The van der Waals surface area contributed by atoms with E-state index in [2.05, 4.69) is 13.8 Å². The molecule has 1 aliphatic rings. The number of aryl methyl sites for hydroxylation is 3. The molecule has 3 rings (SSSR count). The maximum atomic E-state index is 11.6. The average molecular weight is 343 g/mol. The van der Waals surface area contributed by atoms with Gasteiger partial charge in [0.2, 0.25) is 0 Å². The molecule has 1 atom stereocenters. The van der Waals surface area contributed by atoms with Gasteiger partial charge in [-0.25, -0.2) is 4.79 Å². The minimum Gasteiger partial charge on any atom is -0.505 e. The highest BCUT2D eigenvalue weighted by molar-refractivity contribution is 6.01. The van der Waals surface area contributed by atoms with E-state index in [0.717, 1.165) is 23.7 Å². The van der Waals surface area contributed by atoms with Crippen molar-refractivity contribution in [2.45, 2.75) is 39.7 Å². The van der Waals surface area contributed by atoms with Gasteiger partial charge in [0.15, 0.2) is 5.76 Å². The van der Waals surface area contributed by atoms with E-state index in [0.29, 0.717) is 12.2 Å². The Labute approximate surface area is 145 Å². The van der Waals surface area contributed by atoms with Gasteiger partial charge in [0.05, 0.1) is 17.2 Å². The Bertz CT molecular complexity index is 906. The SMILES string of the molecule is CCc1ccc2c(cc3n2CCC(C(=O)O)C(C(=O)O)=C3O)c1CC. The number of fused-ring (bicyclic) bond motifs is 3. The van der Waals surface area contributed by atoms with E-state index >= 15 is 0 Å². The Morgan fingerprint density at radius 3 is 2.48 bits per heavy atom. The van der Waals surface area contributed by atoms with Gasteiger partial charge in [-0.2, -0.15) is 0 Å². The van der Waals surface area contributed by atoms with E-state index < -0.39 is 29.2 Å². The Morgan fingerprint density at radius 1 is 1.20 bits per heavy atom. The molecule has 2 aromatic rings.